The topological polar surface area (TPSA) is 140 Å². The molecule has 11 heteroatoms. The number of hydrogen-bond acceptors (Lipinski definition) is 8. The number of benzene rings is 3. The molecule has 0 aromatic heterocycles. The van der Waals surface area contributed by atoms with Gasteiger partial charge in [0.25, 0.3) is 11.6 Å². The van der Waals surface area contributed by atoms with Crippen LogP contribution in [0.4, 0.5) is 16.2 Å². The highest BCUT2D eigenvalue weighted by atomic mass is 16.6. The van der Waals surface area contributed by atoms with Crippen LogP contribution in [0.15, 0.2) is 78.5 Å². The van der Waals surface area contributed by atoms with Crippen molar-refractivity contribution in [2.75, 3.05) is 26.1 Å². The van der Waals surface area contributed by atoms with Gasteiger partial charge in [0, 0.05) is 37.6 Å². The zero-order valence-corrected chi connectivity index (χ0v) is 23.2. The first kappa shape index (κ1) is 30.6. The van der Waals surface area contributed by atoms with Gasteiger partial charge in [-0.1, -0.05) is 36.4 Å². The summed E-state index contributed by atoms with van der Waals surface area (Å²) in [5, 5.41) is 20.5. The summed E-state index contributed by atoms with van der Waals surface area (Å²) in [6.45, 7) is 2.59. The monoisotopic (exact) mass is 563 g/mol. The third-order valence-electron chi connectivity index (χ3n) is 6.26. The average Bonchev–Trinajstić information content (AvgIpc) is 3.49. The highest BCUT2D eigenvalue weighted by molar-refractivity contribution is 6.04. The van der Waals surface area contributed by atoms with Crippen LogP contribution in [-0.4, -0.2) is 47.7 Å². The SMILES string of the molecule is C/C=C1\CCCN1C(=O)c1cc(OC)c(OCc2ccccc2)cc1NC(=O)OCc1ccc([N+](=O)[O-])cc1.CO. The number of likely N-dealkylation sites (tertiary alicyclic amines) is 1. The summed E-state index contributed by atoms with van der Waals surface area (Å²) >= 11 is 0. The van der Waals surface area contributed by atoms with Gasteiger partial charge in [0.15, 0.2) is 11.5 Å². The second-order valence-electron chi connectivity index (χ2n) is 8.79. The Morgan fingerprint density at radius 1 is 1.02 bits per heavy atom. The van der Waals surface area contributed by atoms with Gasteiger partial charge in [-0.05, 0) is 49.1 Å². The molecular weight excluding hydrogens is 530 g/mol. The van der Waals surface area contributed by atoms with Crippen molar-refractivity contribution in [1.29, 1.82) is 0 Å². The maximum Gasteiger partial charge on any atom is 0.411 e. The molecule has 216 valence electrons. The number of non-ortho nitro benzene ring substituents is 1. The van der Waals surface area contributed by atoms with E-state index in [2.05, 4.69) is 5.32 Å². The Labute approximate surface area is 238 Å². The van der Waals surface area contributed by atoms with Gasteiger partial charge in [0.2, 0.25) is 0 Å². The van der Waals surface area contributed by atoms with Crippen molar-refractivity contribution in [3.63, 3.8) is 0 Å². The highest BCUT2D eigenvalue weighted by Crippen LogP contribution is 2.36. The fourth-order valence-corrected chi connectivity index (χ4v) is 4.23. The van der Waals surface area contributed by atoms with Crippen LogP contribution in [0.25, 0.3) is 0 Å². The molecule has 2 amide bonds. The lowest BCUT2D eigenvalue weighted by Gasteiger charge is -2.22. The van der Waals surface area contributed by atoms with E-state index in [0.717, 1.165) is 31.2 Å². The molecule has 41 heavy (non-hydrogen) atoms. The standard InChI is InChI=1S/C29H29N3O7.CH4O/c1-3-22-10-7-15-31(22)28(33)24-16-26(37-2)27(38-18-20-8-5-4-6-9-20)17-25(24)30-29(34)39-19-21-11-13-23(14-12-21)32(35)36;1-2/h3-6,8-9,11-14,16-17H,7,10,15,18-19H2,1-2H3,(H,30,34);2H,1H3/b22-3+;. The zero-order valence-electron chi connectivity index (χ0n) is 23.2. The van der Waals surface area contributed by atoms with Crippen LogP contribution in [0.3, 0.4) is 0 Å². The number of allylic oxidation sites excluding steroid dienone is 2. The van der Waals surface area contributed by atoms with Gasteiger partial charge in [-0.3, -0.25) is 20.2 Å². The molecule has 3 aromatic rings. The Morgan fingerprint density at radius 3 is 2.34 bits per heavy atom. The smallest absolute Gasteiger partial charge is 0.411 e. The van der Waals surface area contributed by atoms with Gasteiger partial charge in [-0.15, -0.1) is 0 Å². The number of nitro groups is 1. The number of hydrogen-bond donors (Lipinski definition) is 2. The summed E-state index contributed by atoms with van der Waals surface area (Å²) < 4.78 is 16.9. The number of nitrogens with zero attached hydrogens (tertiary/aromatic N) is 2. The van der Waals surface area contributed by atoms with Crippen LogP contribution in [0.2, 0.25) is 0 Å². The number of carbonyl (C=O) groups excluding carboxylic acids is 2. The van der Waals surface area contributed by atoms with Crippen molar-refractivity contribution in [2.24, 2.45) is 0 Å². The molecule has 1 fully saturated rings. The number of aliphatic hydroxyl groups is 1. The van der Waals surface area contributed by atoms with Crippen molar-refractivity contribution >= 4 is 23.4 Å². The Hall–Kier alpha value is -4.90. The number of aliphatic hydroxyl groups excluding tert-OH is 1. The molecule has 0 aliphatic carbocycles. The minimum atomic E-state index is -0.797. The summed E-state index contributed by atoms with van der Waals surface area (Å²) in [7, 11) is 2.48. The van der Waals surface area contributed by atoms with Crippen molar-refractivity contribution in [2.45, 2.75) is 33.0 Å². The molecule has 4 rings (SSSR count). The van der Waals surface area contributed by atoms with Crippen LogP contribution < -0.4 is 14.8 Å². The number of amides is 2. The third kappa shape index (κ3) is 8.05. The van der Waals surface area contributed by atoms with E-state index in [1.54, 1.807) is 17.0 Å². The summed E-state index contributed by atoms with van der Waals surface area (Å²) in [4.78, 5) is 38.4. The van der Waals surface area contributed by atoms with Crippen LogP contribution in [0.1, 0.15) is 41.3 Å². The fourth-order valence-electron chi connectivity index (χ4n) is 4.23. The largest absolute Gasteiger partial charge is 0.493 e. The van der Waals surface area contributed by atoms with Crippen LogP contribution in [0.5, 0.6) is 11.5 Å². The molecule has 0 unspecified atom stereocenters. The van der Waals surface area contributed by atoms with Gasteiger partial charge in [0.1, 0.15) is 13.2 Å². The van der Waals surface area contributed by atoms with Crippen LogP contribution in [0, 0.1) is 10.1 Å². The lowest BCUT2D eigenvalue weighted by molar-refractivity contribution is -0.384. The number of rotatable bonds is 9. The minimum Gasteiger partial charge on any atom is -0.493 e. The van der Waals surface area contributed by atoms with Crippen LogP contribution in [-0.2, 0) is 18.0 Å². The molecule has 0 spiro atoms. The van der Waals surface area contributed by atoms with E-state index in [9.17, 15) is 19.7 Å². The molecule has 11 nitrogen and oxygen atoms in total. The Balaban J connectivity index is 0.00000226. The summed E-state index contributed by atoms with van der Waals surface area (Å²) in [5.74, 6) is 0.413. The molecule has 0 radical (unpaired) electrons. The molecular formula is C30H33N3O8. The molecule has 0 atom stereocenters. The first-order valence-electron chi connectivity index (χ1n) is 12.9. The van der Waals surface area contributed by atoms with E-state index in [0.29, 0.717) is 23.6 Å². The predicted octanol–water partition coefficient (Wildman–Crippen LogP) is 5.68. The first-order valence-corrected chi connectivity index (χ1v) is 12.9. The summed E-state index contributed by atoms with van der Waals surface area (Å²) in [6.07, 6.45) is 2.75. The van der Waals surface area contributed by atoms with Crippen molar-refractivity contribution in [3.8, 4) is 11.5 Å². The minimum absolute atomic E-state index is 0.0602. The van der Waals surface area contributed by atoms with Gasteiger partial charge in [-0.2, -0.15) is 0 Å². The Bertz CT molecular complexity index is 1370. The van der Waals surface area contributed by atoms with E-state index in [1.807, 2.05) is 43.3 Å². The van der Waals surface area contributed by atoms with Gasteiger partial charge in [-0.25, -0.2) is 4.79 Å². The molecule has 3 aromatic carbocycles. The number of nitrogens with one attached hydrogen (secondary N) is 1. The maximum atomic E-state index is 13.6. The summed E-state index contributed by atoms with van der Waals surface area (Å²) in [5.41, 5.74) is 2.80. The maximum absolute atomic E-state index is 13.6. The lowest BCUT2D eigenvalue weighted by atomic mass is 10.1. The van der Waals surface area contributed by atoms with Crippen molar-refractivity contribution < 1.29 is 33.8 Å². The van der Waals surface area contributed by atoms with Gasteiger partial charge < -0.3 is 24.2 Å². The molecule has 0 bridgehead atoms. The number of carbonyl (C=O) groups is 2. The fraction of sp³-hybridized carbons (Fsp3) is 0.267. The molecule has 1 heterocycles. The van der Waals surface area contributed by atoms with Crippen molar-refractivity contribution in [3.05, 3.63) is 105 Å². The zero-order chi connectivity index (χ0) is 29.8. The van der Waals surface area contributed by atoms with E-state index in [4.69, 9.17) is 19.3 Å². The molecule has 1 saturated heterocycles. The highest BCUT2D eigenvalue weighted by Gasteiger charge is 2.28. The number of ether oxygens (including phenoxy) is 3. The Morgan fingerprint density at radius 2 is 1.71 bits per heavy atom. The van der Waals surface area contributed by atoms with Crippen LogP contribution >= 0.6 is 0 Å². The average molecular weight is 564 g/mol. The second-order valence-corrected chi connectivity index (χ2v) is 8.79. The van der Waals surface area contributed by atoms with Gasteiger partial charge >= 0.3 is 6.09 Å². The van der Waals surface area contributed by atoms with E-state index >= 15 is 0 Å². The first-order chi connectivity index (χ1) is 19.9. The third-order valence-corrected chi connectivity index (χ3v) is 6.26. The molecule has 0 saturated carbocycles. The van der Waals surface area contributed by atoms with E-state index in [1.165, 1.54) is 31.4 Å². The van der Waals surface area contributed by atoms with Gasteiger partial charge in [0.05, 0.1) is 23.3 Å². The second kappa shape index (κ2) is 15.0. The predicted molar refractivity (Wildman–Crippen MR) is 153 cm³/mol. The lowest BCUT2D eigenvalue weighted by Crippen LogP contribution is -2.28. The van der Waals surface area contributed by atoms with Crippen molar-refractivity contribution in [1.82, 2.24) is 4.90 Å². The van der Waals surface area contributed by atoms with E-state index < -0.39 is 11.0 Å². The molecule has 1 aliphatic heterocycles. The Kier molecular flexibility index (Phi) is 11.2. The number of nitro benzene ring substituents is 1. The summed E-state index contributed by atoms with van der Waals surface area (Å²) in [6, 6.07) is 18.4. The van der Waals surface area contributed by atoms with E-state index in [-0.39, 0.29) is 36.1 Å². The molecule has 1 aliphatic rings. The normalized spacial score (nSPS) is 13.2. The number of methoxy groups -OCH3 is 1. The molecule has 2 N–H and O–H groups in total. The number of anilines is 1. The quantitative estimate of drug-likeness (QED) is 0.250.